The fourth-order valence-electron chi connectivity index (χ4n) is 4.28. The van der Waals surface area contributed by atoms with Crippen LogP contribution in [0.15, 0.2) is 24.4 Å². The van der Waals surface area contributed by atoms with Crippen LogP contribution in [-0.2, 0) is 11.3 Å². The zero-order chi connectivity index (χ0) is 18.9. The van der Waals surface area contributed by atoms with Gasteiger partial charge in [-0.1, -0.05) is 31.7 Å². The molecule has 0 atom stereocenters. The second-order valence-electron chi connectivity index (χ2n) is 8.13. The zero-order valence-electron chi connectivity index (χ0n) is 15.6. The number of carbonyl (C=O) groups excluding carboxylic acids is 1. The van der Waals surface area contributed by atoms with Crippen molar-refractivity contribution in [3.63, 3.8) is 0 Å². The van der Waals surface area contributed by atoms with Crippen molar-refractivity contribution in [2.45, 2.75) is 50.7 Å². The number of nitrogens with zero attached hydrogens (tertiary/aromatic N) is 1. The number of amides is 1. The second-order valence-corrected chi connectivity index (χ2v) is 8.13. The molecule has 2 heterocycles. The second kappa shape index (κ2) is 7.52. The molecule has 0 spiro atoms. The molecule has 6 heteroatoms. The van der Waals surface area contributed by atoms with Crippen molar-refractivity contribution in [2.75, 3.05) is 19.8 Å². The molecule has 1 saturated heterocycles. The predicted octanol–water partition coefficient (Wildman–Crippen LogP) is 2.81. The van der Waals surface area contributed by atoms with E-state index in [9.17, 15) is 15.0 Å². The largest absolute Gasteiger partial charge is 0.507 e. The first-order valence-corrected chi connectivity index (χ1v) is 9.95. The normalized spacial score (nSPS) is 20.2. The third-order valence-corrected chi connectivity index (χ3v) is 5.86. The molecule has 1 aliphatic carbocycles. The third kappa shape index (κ3) is 3.82. The minimum absolute atomic E-state index is 0.0858. The van der Waals surface area contributed by atoms with Crippen LogP contribution in [0, 0.1) is 5.92 Å². The Kier molecular flexibility index (Phi) is 5.10. The smallest absolute Gasteiger partial charge is 0.253 e. The van der Waals surface area contributed by atoms with Gasteiger partial charge in [0, 0.05) is 12.7 Å². The van der Waals surface area contributed by atoms with Crippen LogP contribution >= 0.6 is 0 Å². The van der Waals surface area contributed by atoms with Gasteiger partial charge in [-0.25, -0.2) is 0 Å². The van der Waals surface area contributed by atoms with Crippen molar-refractivity contribution in [2.24, 2.45) is 5.92 Å². The molecule has 0 bridgehead atoms. The number of benzene rings is 1. The minimum Gasteiger partial charge on any atom is -0.507 e. The maximum atomic E-state index is 12.9. The molecule has 1 aromatic carbocycles. The number of rotatable bonds is 5. The minimum atomic E-state index is -0.911. The number of aromatic hydroxyl groups is 1. The summed E-state index contributed by atoms with van der Waals surface area (Å²) in [5.41, 5.74) is 0.293. The van der Waals surface area contributed by atoms with E-state index in [2.05, 4.69) is 5.32 Å². The van der Waals surface area contributed by atoms with E-state index in [1.165, 1.54) is 38.5 Å². The molecule has 1 amide bonds. The lowest BCUT2D eigenvalue weighted by atomic mass is 10.0. The van der Waals surface area contributed by atoms with Gasteiger partial charge in [0.1, 0.15) is 11.4 Å². The predicted molar refractivity (Wildman–Crippen MR) is 103 cm³/mol. The Morgan fingerprint density at radius 3 is 2.63 bits per heavy atom. The monoisotopic (exact) mass is 372 g/mol. The fraction of sp³-hybridized carbons (Fsp3) is 0.571. The molecule has 3 N–H and O–H groups in total. The molecular formula is C21H28N2O4. The van der Waals surface area contributed by atoms with Gasteiger partial charge in [0.05, 0.1) is 36.2 Å². The van der Waals surface area contributed by atoms with E-state index in [1.807, 2.05) is 10.6 Å². The van der Waals surface area contributed by atoms with E-state index in [0.29, 0.717) is 30.0 Å². The summed E-state index contributed by atoms with van der Waals surface area (Å²) >= 11 is 0. The summed E-state index contributed by atoms with van der Waals surface area (Å²) in [7, 11) is 0. The van der Waals surface area contributed by atoms with E-state index >= 15 is 0 Å². The summed E-state index contributed by atoms with van der Waals surface area (Å²) in [6.45, 7) is 1.59. The van der Waals surface area contributed by atoms with Gasteiger partial charge >= 0.3 is 0 Å². The summed E-state index contributed by atoms with van der Waals surface area (Å²) in [6.07, 6.45) is 9.13. The SMILES string of the molecule is O=C(NCC1CCCCCC1)c1cn(CC2(O)COC2)c2cccc(O)c12. The molecular weight excluding hydrogens is 344 g/mol. The van der Waals surface area contributed by atoms with Crippen molar-refractivity contribution in [3.05, 3.63) is 30.0 Å². The van der Waals surface area contributed by atoms with Gasteiger partial charge in [0.15, 0.2) is 0 Å². The number of hydrogen-bond donors (Lipinski definition) is 3. The topological polar surface area (TPSA) is 83.7 Å². The van der Waals surface area contributed by atoms with Gasteiger partial charge in [0.25, 0.3) is 5.91 Å². The van der Waals surface area contributed by atoms with Gasteiger partial charge in [-0.15, -0.1) is 0 Å². The first-order chi connectivity index (χ1) is 13.1. The van der Waals surface area contributed by atoms with E-state index in [1.54, 1.807) is 18.3 Å². The summed E-state index contributed by atoms with van der Waals surface area (Å²) in [5.74, 6) is 0.454. The van der Waals surface area contributed by atoms with Gasteiger partial charge in [-0.3, -0.25) is 4.79 Å². The average molecular weight is 372 g/mol. The number of aliphatic hydroxyl groups is 1. The number of fused-ring (bicyclic) bond motifs is 1. The van der Waals surface area contributed by atoms with Crippen LogP contribution in [-0.4, -0.2) is 46.0 Å². The molecule has 4 rings (SSSR count). The van der Waals surface area contributed by atoms with Crippen molar-refractivity contribution in [1.29, 1.82) is 0 Å². The number of hydrogen-bond acceptors (Lipinski definition) is 4. The maximum Gasteiger partial charge on any atom is 0.253 e. The first-order valence-electron chi connectivity index (χ1n) is 9.95. The Bertz CT molecular complexity index is 817. The number of aromatic nitrogens is 1. The van der Waals surface area contributed by atoms with Crippen molar-refractivity contribution in [3.8, 4) is 5.75 Å². The van der Waals surface area contributed by atoms with Gasteiger partial charge in [-0.05, 0) is 30.9 Å². The van der Waals surface area contributed by atoms with Crippen molar-refractivity contribution < 1.29 is 19.7 Å². The van der Waals surface area contributed by atoms with E-state index in [0.717, 1.165) is 5.52 Å². The molecule has 1 saturated carbocycles. The molecule has 0 radical (unpaired) electrons. The highest BCUT2D eigenvalue weighted by Crippen LogP contribution is 2.32. The molecule has 1 aromatic heterocycles. The van der Waals surface area contributed by atoms with Gasteiger partial charge in [-0.2, -0.15) is 0 Å². The van der Waals surface area contributed by atoms with Gasteiger partial charge < -0.3 is 24.8 Å². The molecule has 1 aliphatic heterocycles. The van der Waals surface area contributed by atoms with Crippen LogP contribution < -0.4 is 5.32 Å². The summed E-state index contributed by atoms with van der Waals surface area (Å²) < 4.78 is 6.97. The quantitative estimate of drug-likeness (QED) is 0.705. The summed E-state index contributed by atoms with van der Waals surface area (Å²) in [5, 5.41) is 24.4. The van der Waals surface area contributed by atoms with Gasteiger partial charge in [0.2, 0.25) is 0 Å². The van der Waals surface area contributed by atoms with Crippen LogP contribution in [0.5, 0.6) is 5.75 Å². The molecule has 2 aromatic rings. The number of ether oxygens (including phenoxy) is 1. The first kappa shape index (κ1) is 18.3. The van der Waals surface area contributed by atoms with E-state index < -0.39 is 5.60 Å². The molecule has 27 heavy (non-hydrogen) atoms. The molecule has 2 aliphatic rings. The van der Waals surface area contributed by atoms with Crippen LogP contribution in [0.4, 0.5) is 0 Å². The number of phenols is 1. The lowest BCUT2D eigenvalue weighted by Gasteiger charge is -2.36. The molecule has 6 nitrogen and oxygen atoms in total. The standard InChI is InChI=1S/C21H28N2O4/c24-18-9-5-8-17-19(18)16(11-23(17)12-21(26)13-27-14-21)20(25)22-10-15-6-3-1-2-4-7-15/h5,8-9,11,15,24,26H,1-4,6-7,10,12-14H2,(H,22,25). The van der Waals surface area contributed by atoms with Crippen LogP contribution in [0.2, 0.25) is 0 Å². The number of nitrogens with one attached hydrogen (secondary N) is 1. The van der Waals surface area contributed by atoms with Crippen LogP contribution in [0.25, 0.3) is 10.9 Å². The Hall–Kier alpha value is -2.05. The molecule has 146 valence electrons. The Morgan fingerprint density at radius 2 is 1.96 bits per heavy atom. The average Bonchev–Trinajstić information content (AvgIpc) is 2.81. The van der Waals surface area contributed by atoms with E-state index in [4.69, 9.17) is 4.74 Å². The number of carbonyl (C=O) groups is 1. The lowest BCUT2D eigenvalue weighted by molar-refractivity contribution is -0.184. The van der Waals surface area contributed by atoms with Crippen LogP contribution in [0.1, 0.15) is 48.9 Å². The van der Waals surface area contributed by atoms with Crippen molar-refractivity contribution in [1.82, 2.24) is 9.88 Å². The highest BCUT2D eigenvalue weighted by atomic mass is 16.5. The number of phenolic OH excluding ortho intramolecular Hbond substituents is 1. The van der Waals surface area contributed by atoms with E-state index in [-0.39, 0.29) is 24.9 Å². The molecule has 2 fully saturated rings. The third-order valence-electron chi connectivity index (χ3n) is 5.86. The molecule has 0 unspecified atom stereocenters. The maximum absolute atomic E-state index is 12.9. The summed E-state index contributed by atoms with van der Waals surface area (Å²) in [4.78, 5) is 12.9. The Labute approximate surface area is 159 Å². The Balaban J connectivity index is 1.55. The van der Waals surface area contributed by atoms with Crippen molar-refractivity contribution >= 4 is 16.8 Å². The highest BCUT2D eigenvalue weighted by Gasteiger charge is 2.37. The highest BCUT2D eigenvalue weighted by molar-refractivity contribution is 6.09. The van der Waals surface area contributed by atoms with Crippen LogP contribution in [0.3, 0.4) is 0 Å². The fourth-order valence-corrected chi connectivity index (χ4v) is 4.28. The Morgan fingerprint density at radius 1 is 1.22 bits per heavy atom. The zero-order valence-corrected chi connectivity index (χ0v) is 15.6. The summed E-state index contributed by atoms with van der Waals surface area (Å²) in [6, 6.07) is 5.21. The lowest BCUT2D eigenvalue weighted by Crippen LogP contribution is -2.52.